The van der Waals surface area contributed by atoms with Crippen molar-refractivity contribution in [3.63, 3.8) is 0 Å². The molecule has 1 saturated heterocycles. The molecule has 1 unspecified atom stereocenters. The molecular weight excluding hydrogens is 308 g/mol. The van der Waals surface area contributed by atoms with Crippen molar-refractivity contribution in [3.05, 3.63) is 42.6 Å². The SMILES string of the molecule is CCOc1ccc(NC(=O)N2CCC(Oc3cccnn3)C2)cc1. The molecule has 1 aromatic heterocycles. The van der Waals surface area contributed by atoms with Gasteiger partial charge in [0.25, 0.3) is 0 Å². The molecule has 24 heavy (non-hydrogen) atoms. The second-order valence-electron chi connectivity index (χ2n) is 5.42. The van der Waals surface area contributed by atoms with Crippen molar-refractivity contribution in [2.75, 3.05) is 25.0 Å². The number of ether oxygens (including phenoxy) is 2. The largest absolute Gasteiger partial charge is 0.494 e. The Morgan fingerprint density at radius 3 is 2.88 bits per heavy atom. The molecule has 1 aromatic carbocycles. The predicted molar refractivity (Wildman–Crippen MR) is 89.3 cm³/mol. The van der Waals surface area contributed by atoms with Crippen molar-refractivity contribution in [1.29, 1.82) is 0 Å². The zero-order valence-electron chi connectivity index (χ0n) is 13.5. The Bertz CT molecular complexity index is 663. The molecule has 0 aliphatic carbocycles. The van der Waals surface area contributed by atoms with E-state index in [1.54, 1.807) is 23.2 Å². The molecule has 1 N–H and O–H groups in total. The van der Waals surface area contributed by atoms with E-state index in [4.69, 9.17) is 9.47 Å². The number of carbonyl (C=O) groups excluding carboxylic acids is 1. The van der Waals surface area contributed by atoms with Crippen molar-refractivity contribution < 1.29 is 14.3 Å². The molecule has 0 radical (unpaired) electrons. The summed E-state index contributed by atoms with van der Waals surface area (Å²) in [6.45, 7) is 3.72. The van der Waals surface area contributed by atoms with Crippen LogP contribution >= 0.6 is 0 Å². The van der Waals surface area contributed by atoms with Gasteiger partial charge in [-0.15, -0.1) is 5.10 Å². The van der Waals surface area contributed by atoms with E-state index < -0.39 is 0 Å². The highest BCUT2D eigenvalue weighted by atomic mass is 16.5. The summed E-state index contributed by atoms with van der Waals surface area (Å²) >= 11 is 0. The summed E-state index contributed by atoms with van der Waals surface area (Å²) in [6, 6.07) is 10.7. The lowest BCUT2D eigenvalue weighted by Crippen LogP contribution is -2.34. The van der Waals surface area contributed by atoms with E-state index in [0.717, 1.165) is 17.9 Å². The number of amides is 2. The van der Waals surface area contributed by atoms with Crippen molar-refractivity contribution in [3.8, 4) is 11.6 Å². The van der Waals surface area contributed by atoms with Gasteiger partial charge in [0.2, 0.25) is 5.88 Å². The lowest BCUT2D eigenvalue weighted by atomic mass is 10.3. The minimum Gasteiger partial charge on any atom is -0.494 e. The number of urea groups is 1. The van der Waals surface area contributed by atoms with Crippen LogP contribution in [0.5, 0.6) is 11.6 Å². The normalized spacial score (nSPS) is 16.7. The van der Waals surface area contributed by atoms with E-state index in [0.29, 0.717) is 25.6 Å². The third-order valence-electron chi connectivity index (χ3n) is 3.68. The molecular formula is C17H20N4O3. The van der Waals surface area contributed by atoms with Crippen LogP contribution in [0.25, 0.3) is 0 Å². The fourth-order valence-electron chi connectivity index (χ4n) is 2.53. The maximum absolute atomic E-state index is 12.3. The third kappa shape index (κ3) is 4.13. The maximum atomic E-state index is 12.3. The summed E-state index contributed by atoms with van der Waals surface area (Å²) in [5.41, 5.74) is 0.738. The smallest absolute Gasteiger partial charge is 0.321 e. The Labute approximate surface area is 140 Å². The quantitative estimate of drug-likeness (QED) is 0.913. The number of rotatable bonds is 5. The van der Waals surface area contributed by atoms with E-state index in [-0.39, 0.29) is 12.1 Å². The molecule has 7 nitrogen and oxygen atoms in total. The van der Waals surface area contributed by atoms with Gasteiger partial charge < -0.3 is 19.7 Å². The Hall–Kier alpha value is -2.83. The first-order valence-corrected chi connectivity index (χ1v) is 7.97. The molecule has 2 heterocycles. The summed E-state index contributed by atoms with van der Waals surface area (Å²) in [5, 5.41) is 10.6. The van der Waals surface area contributed by atoms with E-state index in [1.807, 2.05) is 31.2 Å². The first kappa shape index (κ1) is 16.0. The first-order valence-electron chi connectivity index (χ1n) is 7.97. The molecule has 7 heteroatoms. The van der Waals surface area contributed by atoms with Gasteiger partial charge in [0.15, 0.2) is 0 Å². The number of hydrogen-bond acceptors (Lipinski definition) is 5. The van der Waals surface area contributed by atoms with Crippen LogP contribution in [-0.4, -0.2) is 46.9 Å². The Morgan fingerprint density at radius 1 is 1.33 bits per heavy atom. The fraction of sp³-hybridized carbons (Fsp3) is 0.353. The molecule has 0 spiro atoms. The van der Waals surface area contributed by atoms with E-state index in [2.05, 4.69) is 15.5 Å². The molecule has 0 bridgehead atoms. The van der Waals surface area contributed by atoms with Gasteiger partial charge in [-0.05, 0) is 37.3 Å². The molecule has 1 aliphatic rings. The van der Waals surface area contributed by atoms with Crippen LogP contribution in [0.2, 0.25) is 0 Å². The molecule has 126 valence electrons. The second kappa shape index (κ2) is 7.63. The standard InChI is InChI=1S/C17H20N4O3/c1-2-23-14-7-5-13(6-8-14)19-17(22)21-11-9-15(12-21)24-16-4-3-10-18-20-16/h3-8,10,15H,2,9,11-12H2,1H3,(H,19,22). The van der Waals surface area contributed by atoms with Gasteiger partial charge in [-0.2, -0.15) is 5.10 Å². The van der Waals surface area contributed by atoms with Gasteiger partial charge in [0.05, 0.1) is 13.2 Å². The zero-order valence-corrected chi connectivity index (χ0v) is 13.5. The lowest BCUT2D eigenvalue weighted by Gasteiger charge is -2.17. The number of carbonyl (C=O) groups is 1. The number of anilines is 1. The maximum Gasteiger partial charge on any atom is 0.321 e. The van der Waals surface area contributed by atoms with Crippen molar-refractivity contribution in [1.82, 2.24) is 15.1 Å². The lowest BCUT2D eigenvalue weighted by molar-refractivity contribution is 0.188. The van der Waals surface area contributed by atoms with Gasteiger partial charge in [-0.3, -0.25) is 0 Å². The Kier molecular flexibility index (Phi) is 5.10. The van der Waals surface area contributed by atoms with Crippen LogP contribution in [0.1, 0.15) is 13.3 Å². The highest BCUT2D eigenvalue weighted by molar-refractivity contribution is 5.89. The Balaban J connectivity index is 1.51. The molecule has 1 fully saturated rings. The topological polar surface area (TPSA) is 76.6 Å². The molecule has 0 saturated carbocycles. The average Bonchev–Trinajstić information content (AvgIpc) is 3.06. The molecule has 2 amide bonds. The minimum absolute atomic E-state index is 0.0622. The van der Waals surface area contributed by atoms with Gasteiger partial charge in [-0.1, -0.05) is 0 Å². The van der Waals surface area contributed by atoms with Crippen LogP contribution < -0.4 is 14.8 Å². The number of benzene rings is 1. The number of hydrogen-bond donors (Lipinski definition) is 1. The van der Waals surface area contributed by atoms with Crippen LogP contribution in [0.3, 0.4) is 0 Å². The van der Waals surface area contributed by atoms with Crippen LogP contribution in [0.4, 0.5) is 10.5 Å². The van der Waals surface area contributed by atoms with Gasteiger partial charge in [0.1, 0.15) is 11.9 Å². The predicted octanol–water partition coefficient (Wildman–Crippen LogP) is 2.56. The third-order valence-corrected chi connectivity index (χ3v) is 3.68. The minimum atomic E-state index is -0.135. The summed E-state index contributed by atoms with van der Waals surface area (Å²) in [7, 11) is 0. The van der Waals surface area contributed by atoms with Crippen molar-refractivity contribution in [2.45, 2.75) is 19.4 Å². The van der Waals surface area contributed by atoms with Gasteiger partial charge in [-0.25, -0.2) is 4.79 Å². The van der Waals surface area contributed by atoms with E-state index >= 15 is 0 Å². The number of aromatic nitrogens is 2. The highest BCUT2D eigenvalue weighted by Gasteiger charge is 2.28. The summed E-state index contributed by atoms with van der Waals surface area (Å²) < 4.78 is 11.1. The van der Waals surface area contributed by atoms with Crippen molar-refractivity contribution >= 4 is 11.7 Å². The van der Waals surface area contributed by atoms with Gasteiger partial charge >= 0.3 is 6.03 Å². The van der Waals surface area contributed by atoms with Crippen LogP contribution in [-0.2, 0) is 0 Å². The summed E-state index contributed by atoms with van der Waals surface area (Å²) in [5.74, 6) is 1.27. The highest BCUT2D eigenvalue weighted by Crippen LogP contribution is 2.19. The summed E-state index contributed by atoms with van der Waals surface area (Å²) in [6.07, 6.45) is 2.30. The van der Waals surface area contributed by atoms with Crippen molar-refractivity contribution in [2.24, 2.45) is 0 Å². The Morgan fingerprint density at radius 2 is 2.17 bits per heavy atom. The number of nitrogens with zero attached hydrogens (tertiary/aromatic N) is 3. The van der Waals surface area contributed by atoms with Crippen LogP contribution in [0.15, 0.2) is 42.6 Å². The molecule has 1 aliphatic heterocycles. The zero-order chi connectivity index (χ0) is 16.8. The van der Waals surface area contributed by atoms with Crippen LogP contribution in [0, 0.1) is 0 Å². The molecule has 3 rings (SSSR count). The molecule has 2 aromatic rings. The second-order valence-corrected chi connectivity index (χ2v) is 5.42. The fourth-order valence-corrected chi connectivity index (χ4v) is 2.53. The first-order chi connectivity index (χ1) is 11.7. The molecule has 1 atom stereocenters. The van der Waals surface area contributed by atoms with E-state index in [9.17, 15) is 4.79 Å². The number of nitrogens with one attached hydrogen (secondary N) is 1. The number of likely N-dealkylation sites (tertiary alicyclic amines) is 1. The van der Waals surface area contributed by atoms with E-state index in [1.165, 1.54) is 0 Å². The monoisotopic (exact) mass is 328 g/mol. The van der Waals surface area contributed by atoms with Gasteiger partial charge in [0, 0.05) is 30.9 Å². The summed E-state index contributed by atoms with van der Waals surface area (Å²) in [4.78, 5) is 14.1. The average molecular weight is 328 g/mol.